The molecule has 1 aliphatic heterocycles. The first-order chi connectivity index (χ1) is 9.74. The normalized spacial score (nSPS) is 16.1. The minimum atomic E-state index is 0.676. The Hall–Kier alpha value is -1.55. The quantitative estimate of drug-likeness (QED) is 0.749. The summed E-state index contributed by atoms with van der Waals surface area (Å²) in [6.07, 6.45) is 2.98. The molecule has 1 heterocycles. The number of ether oxygens (including phenoxy) is 2. The lowest BCUT2D eigenvalue weighted by molar-refractivity contribution is 0.0397. The van der Waals surface area contributed by atoms with Gasteiger partial charge in [0.15, 0.2) is 0 Å². The van der Waals surface area contributed by atoms with Crippen LogP contribution in [0.4, 0.5) is 0 Å². The number of nitrogens with zero attached hydrogens (tertiary/aromatic N) is 2. The molecule has 0 radical (unpaired) electrons. The van der Waals surface area contributed by atoms with Crippen molar-refractivity contribution in [1.82, 2.24) is 5.01 Å². The summed E-state index contributed by atoms with van der Waals surface area (Å²) in [6.45, 7) is 8.45. The van der Waals surface area contributed by atoms with Gasteiger partial charge in [-0.1, -0.05) is 13.8 Å². The van der Waals surface area contributed by atoms with Crippen molar-refractivity contribution < 1.29 is 9.47 Å². The van der Waals surface area contributed by atoms with Crippen molar-refractivity contribution in [1.29, 1.82) is 0 Å². The van der Waals surface area contributed by atoms with Gasteiger partial charge in [0, 0.05) is 0 Å². The van der Waals surface area contributed by atoms with E-state index in [-0.39, 0.29) is 0 Å². The molecule has 1 aromatic carbocycles. The highest BCUT2D eigenvalue weighted by Crippen LogP contribution is 2.12. The van der Waals surface area contributed by atoms with Crippen LogP contribution in [0.15, 0.2) is 29.4 Å². The molecule has 4 nitrogen and oxygen atoms in total. The third-order valence-corrected chi connectivity index (χ3v) is 3.20. The number of rotatable bonds is 6. The Morgan fingerprint density at radius 1 is 1.25 bits per heavy atom. The zero-order valence-corrected chi connectivity index (χ0v) is 12.4. The van der Waals surface area contributed by atoms with Gasteiger partial charge < -0.3 is 9.47 Å². The zero-order valence-electron chi connectivity index (χ0n) is 12.4. The Bertz CT molecular complexity index is 409. The summed E-state index contributed by atoms with van der Waals surface area (Å²) in [5, 5.41) is 6.49. The second-order valence-corrected chi connectivity index (χ2v) is 5.41. The Balaban J connectivity index is 1.80. The fourth-order valence-corrected chi connectivity index (χ4v) is 1.88. The van der Waals surface area contributed by atoms with Crippen LogP contribution < -0.4 is 4.74 Å². The van der Waals surface area contributed by atoms with Crippen LogP contribution in [0.1, 0.15) is 25.8 Å². The summed E-state index contributed by atoms with van der Waals surface area (Å²) >= 11 is 0. The lowest BCUT2D eigenvalue weighted by Gasteiger charge is -2.23. The molecular weight excluding hydrogens is 252 g/mol. The fraction of sp³-hybridized carbons (Fsp3) is 0.562. The molecule has 0 saturated carbocycles. The van der Waals surface area contributed by atoms with Gasteiger partial charge in [-0.25, -0.2) is 0 Å². The van der Waals surface area contributed by atoms with E-state index in [9.17, 15) is 0 Å². The van der Waals surface area contributed by atoms with E-state index in [0.29, 0.717) is 5.92 Å². The first-order valence-electron chi connectivity index (χ1n) is 7.33. The van der Waals surface area contributed by atoms with Crippen LogP contribution in [-0.2, 0) is 4.74 Å². The Labute approximate surface area is 121 Å². The van der Waals surface area contributed by atoms with Crippen LogP contribution >= 0.6 is 0 Å². The standard InChI is InChI=1S/C16H24N2O2/c1-14(2)7-10-20-16-5-3-15(4-6-16)13-17-18-8-11-19-12-9-18/h3-6,13-14H,7-12H2,1-2H3/b17-13-. The van der Waals surface area contributed by atoms with Crippen LogP contribution in [-0.4, -0.2) is 44.1 Å². The van der Waals surface area contributed by atoms with E-state index in [4.69, 9.17) is 9.47 Å². The molecule has 0 unspecified atom stereocenters. The number of benzene rings is 1. The second kappa shape index (κ2) is 7.90. The molecule has 0 bridgehead atoms. The van der Waals surface area contributed by atoms with Crippen molar-refractivity contribution in [3.63, 3.8) is 0 Å². The molecule has 0 aliphatic carbocycles. The summed E-state index contributed by atoms with van der Waals surface area (Å²) < 4.78 is 11.0. The first kappa shape index (κ1) is 14.9. The summed E-state index contributed by atoms with van der Waals surface area (Å²) in [7, 11) is 0. The van der Waals surface area contributed by atoms with Gasteiger partial charge in [-0.05, 0) is 42.2 Å². The van der Waals surface area contributed by atoms with Crippen LogP contribution in [0.2, 0.25) is 0 Å². The summed E-state index contributed by atoms with van der Waals surface area (Å²) in [5.74, 6) is 1.60. The van der Waals surface area contributed by atoms with E-state index in [2.05, 4.69) is 18.9 Å². The van der Waals surface area contributed by atoms with E-state index >= 15 is 0 Å². The second-order valence-electron chi connectivity index (χ2n) is 5.41. The number of hydrogen-bond acceptors (Lipinski definition) is 4. The lowest BCUT2D eigenvalue weighted by Crippen LogP contribution is -2.32. The van der Waals surface area contributed by atoms with Crippen molar-refractivity contribution in [2.75, 3.05) is 32.9 Å². The highest BCUT2D eigenvalue weighted by Gasteiger charge is 2.06. The zero-order chi connectivity index (χ0) is 14.2. The van der Waals surface area contributed by atoms with Crippen LogP contribution in [0.3, 0.4) is 0 Å². The Kier molecular flexibility index (Phi) is 5.87. The summed E-state index contributed by atoms with van der Waals surface area (Å²) in [4.78, 5) is 0. The molecule has 4 heteroatoms. The maximum atomic E-state index is 5.69. The maximum Gasteiger partial charge on any atom is 0.119 e. The summed E-state index contributed by atoms with van der Waals surface area (Å²) in [6, 6.07) is 8.07. The van der Waals surface area contributed by atoms with E-state index in [1.54, 1.807) is 0 Å². The molecule has 110 valence electrons. The van der Waals surface area contributed by atoms with Crippen molar-refractivity contribution >= 4 is 6.21 Å². The first-order valence-corrected chi connectivity index (χ1v) is 7.33. The predicted octanol–water partition coefficient (Wildman–Crippen LogP) is 2.78. The smallest absolute Gasteiger partial charge is 0.119 e. The molecule has 1 saturated heterocycles. The molecule has 0 N–H and O–H groups in total. The van der Waals surface area contributed by atoms with Gasteiger partial charge >= 0.3 is 0 Å². The SMILES string of the molecule is CC(C)CCOc1ccc(/C=N\N2CCOCC2)cc1. The molecule has 0 amide bonds. The molecule has 2 rings (SSSR count). The molecule has 1 aromatic rings. The largest absolute Gasteiger partial charge is 0.494 e. The number of morpholine rings is 1. The van der Waals surface area contributed by atoms with Gasteiger partial charge in [0.2, 0.25) is 0 Å². The third-order valence-electron chi connectivity index (χ3n) is 3.20. The van der Waals surface area contributed by atoms with E-state index < -0.39 is 0 Å². The van der Waals surface area contributed by atoms with Gasteiger partial charge in [-0.15, -0.1) is 0 Å². The average Bonchev–Trinajstić information content (AvgIpc) is 2.47. The predicted molar refractivity (Wildman–Crippen MR) is 81.4 cm³/mol. The minimum Gasteiger partial charge on any atom is -0.494 e. The lowest BCUT2D eigenvalue weighted by atomic mass is 10.1. The van der Waals surface area contributed by atoms with Crippen molar-refractivity contribution in [3.8, 4) is 5.75 Å². The van der Waals surface area contributed by atoms with Gasteiger partial charge in [0.25, 0.3) is 0 Å². The maximum absolute atomic E-state index is 5.69. The molecular formula is C16H24N2O2. The third kappa shape index (κ3) is 5.21. The molecule has 0 atom stereocenters. The Morgan fingerprint density at radius 3 is 2.60 bits per heavy atom. The Morgan fingerprint density at radius 2 is 1.95 bits per heavy atom. The molecule has 0 aromatic heterocycles. The van der Waals surface area contributed by atoms with E-state index in [1.165, 1.54) is 0 Å². The highest BCUT2D eigenvalue weighted by atomic mass is 16.5. The monoisotopic (exact) mass is 276 g/mol. The van der Waals surface area contributed by atoms with Crippen molar-refractivity contribution in [2.24, 2.45) is 11.0 Å². The van der Waals surface area contributed by atoms with Gasteiger partial charge in [-0.3, -0.25) is 5.01 Å². The topological polar surface area (TPSA) is 34.1 Å². The highest BCUT2D eigenvalue weighted by molar-refractivity contribution is 5.79. The minimum absolute atomic E-state index is 0.676. The molecule has 20 heavy (non-hydrogen) atoms. The van der Waals surface area contributed by atoms with Gasteiger partial charge in [-0.2, -0.15) is 5.10 Å². The average molecular weight is 276 g/mol. The van der Waals surface area contributed by atoms with Crippen LogP contribution in [0, 0.1) is 5.92 Å². The van der Waals surface area contributed by atoms with E-state index in [0.717, 1.165) is 50.6 Å². The molecule has 0 spiro atoms. The molecule has 1 fully saturated rings. The number of hydrogen-bond donors (Lipinski definition) is 0. The van der Waals surface area contributed by atoms with Crippen molar-refractivity contribution in [2.45, 2.75) is 20.3 Å². The molecule has 1 aliphatic rings. The van der Waals surface area contributed by atoms with E-state index in [1.807, 2.05) is 35.5 Å². The van der Waals surface area contributed by atoms with Gasteiger partial charge in [0.1, 0.15) is 5.75 Å². The fourth-order valence-electron chi connectivity index (χ4n) is 1.88. The number of hydrazone groups is 1. The van der Waals surface area contributed by atoms with Gasteiger partial charge in [0.05, 0.1) is 39.1 Å². The van der Waals surface area contributed by atoms with Crippen LogP contribution in [0.5, 0.6) is 5.75 Å². The van der Waals surface area contributed by atoms with Crippen molar-refractivity contribution in [3.05, 3.63) is 29.8 Å². The summed E-state index contributed by atoms with van der Waals surface area (Å²) in [5.41, 5.74) is 1.09. The van der Waals surface area contributed by atoms with Crippen LogP contribution in [0.25, 0.3) is 0 Å².